The second-order valence-corrected chi connectivity index (χ2v) is 3.48. The summed E-state index contributed by atoms with van der Waals surface area (Å²) in [5.41, 5.74) is 6.37. The number of hydrogen-bond donors (Lipinski definition) is 1. The molecule has 15 heavy (non-hydrogen) atoms. The van der Waals surface area contributed by atoms with Gasteiger partial charge >= 0.3 is 0 Å². The lowest BCUT2D eigenvalue weighted by Gasteiger charge is -1.98. The van der Waals surface area contributed by atoms with Gasteiger partial charge in [-0.1, -0.05) is 12.1 Å². The SMILES string of the molecule is Cc1occc1-c1noc(C(C)CN)n1. The van der Waals surface area contributed by atoms with Gasteiger partial charge in [-0.15, -0.1) is 0 Å². The Hall–Kier alpha value is -1.62. The maximum Gasteiger partial charge on any atom is 0.231 e. The first kappa shape index (κ1) is 9.92. The lowest BCUT2D eigenvalue weighted by atomic mass is 10.2. The van der Waals surface area contributed by atoms with Crippen LogP contribution >= 0.6 is 0 Å². The van der Waals surface area contributed by atoms with E-state index in [2.05, 4.69) is 10.1 Å². The van der Waals surface area contributed by atoms with Gasteiger partial charge in [0.1, 0.15) is 5.76 Å². The highest BCUT2D eigenvalue weighted by molar-refractivity contribution is 5.56. The molecule has 1 unspecified atom stereocenters. The molecular weight excluding hydrogens is 194 g/mol. The fraction of sp³-hybridized carbons (Fsp3) is 0.400. The molecule has 0 amide bonds. The first-order chi connectivity index (χ1) is 7.22. The Morgan fingerprint density at radius 3 is 2.93 bits per heavy atom. The monoisotopic (exact) mass is 207 g/mol. The molecule has 80 valence electrons. The normalized spacial score (nSPS) is 13.0. The Bertz CT molecular complexity index is 447. The van der Waals surface area contributed by atoms with Crippen LogP contribution in [0.25, 0.3) is 11.4 Å². The highest BCUT2D eigenvalue weighted by atomic mass is 16.5. The molecule has 0 fully saturated rings. The predicted molar refractivity (Wildman–Crippen MR) is 54.2 cm³/mol. The molecule has 1 atom stereocenters. The van der Waals surface area contributed by atoms with Crippen LogP contribution in [-0.2, 0) is 0 Å². The van der Waals surface area contributed by atoms with E-state index in [4.69, 9.17) is 14.7 Å². The summed E-state index contributed by atoms with van der Waals surface area (Å²) in [6, 6.07) is 1.82. The van der Waals surface area contributed by atoms with E-state index < -0.39 is 0 Å². The van der Waals surface area contributed by atoms with E-state index in [1.165, 1.54) is 0 Å². The molecule has 0 aliphatic rings. The first-order valence-corrected chi connectivity index (χ1v) is 4.80. The van der Waals surface area contributed by atoms with Crippen molar-refractivity contribution in [1.82, 2.24) is 10.1 Å². The first-order valence-electron chi connectivity index (χ1n) is 4.80. The maximum atomic E-state index is 5.52. The van der Waals surface area contributed by atoms with Crippen molar-refractivity contribution in [1.29, 1.82) is 0 Å². The van der Waals surface area contributed by atoms with Crippen molar-refractivity contribution in [3.63, 3.8) is 0 Å². The number of aryl methyl sites for hydroxylation is 1. The lowest BCUT2D eigenvalue weighted by Crippen LogP contribution is -2.08. The molecule has 0 aromatic carbocycles. The number of rotatable bonds is 3. The summed E-state index contributed by atoms with van der Waals surface area (Å²) in [6.07, 6.45) is 1.60. The second-order valence-electron chi connectivity index (χ2n) is 3.48. The van der Waals surface area contributed by atoms with Crippen LogP contribution in [0, 0.1) is 6.92 Å². The zero-order chi connectivity index (χ0) is 10.8. The van der Waals surface area contributed by atoms with Crippen molar-refractivity contribution in [3.8, 4) is 11.4 Å². The average molecular weight is 207 g/mol. The molecular formula is C10H13N3O2. The van der Waals surface area contributed by atoms with Crippen LogP contribution in [0.2, 0.25) is 0 Å². The topological polar surface area (TPSA) is 78.1 Å². The fourth-order valence-corrected chi connectivity index (χ4v) is 1.26. The maximum absolute atomic E-state index is 5.52. The Kier molecular flexibility index (Phi) is 2.55. The van der Waals surface area contributed by atoms with Crippen molar-refractivity contribution in [2.24, 2.45) is 5.73 Å². The summed E-state index contributed by atoms with van der Waals surface area (Å²) in [5, 5.41) is 3.89. The molecule has 0 saturated carbocycles. The van der Waals surface area contributed by atoms with Gasteiger partial charge in [0.25, 0.3) is 0 Å². The molecule has 0 saturated heterocycles. The molecule has 0 aliphatic heterocycles. The minimum Gasteiger partial charge on any atom is -0.469 e. The van der Waals surface area contributed by atoms with Crippen LogP contribution in [0.15, 0.2) is 21.3 Å². The molecule has 2 aromatic heterocycles. The van der Waals surface area contributed by atoms with Crippen LogP contribution < -0.4 is 5.73 Å². The standard InChI is InChI=1S/C10H13N3O2/c1-6(5-11)10-12-9(13-15-10)8-3-4-14-7(8)2/h3-4,6H,5,11H2,1-2H3. The van der Waals surface area contributed by atoms with Crippen LogP contribution in [0.3, 0.4) is 0 Å². The van der Waals surface area contributed by atoms with Gasteiger partial charge in [0.15, 0.2) is 0 Å². The van der Waals surface area contributed by atoms with Crippen LogP contribution in [0.5, 0.6) is 0 Å². The van der Waals surface area contributed by atoms with Gasteiger partial charge in [-0.25, -0.2) is 0 Å². The van der Waals surface area contributed by atoms with E-state index in [0.29, 0.717) is 18.3 Å². The number of nitrogens with zero attached hydrogens (tertiary/aromatic N) is 2. The summed E-state index contributed by atoms with van der Waals surface area (Å²) in [5.74, 6) is 1.98. The van der Waals surface area contributed by atoms with Gasteiger partial charge in [0.05, 0.1) is 11.8 Å². The van der Waals surface area contributed by atoms with Crippen molar-refractivity contribution in [2.45, 2.75) is 19.8 Å². The average Bonchev–Trinajstić information content (AvgIpc) is 2.84. The zero-order valence-corrected chi connectivity index (χ0v) is 8.73. The fourth-order valence-electron chi connectivity index (χ4n) is 1.26. The molecule has 5 heteroatoms. The van der Waals surface area contributed by atoms with Crippen LogP contribution in [-0.4, -0.2) is 16.7 Å². The summed E-state index contributed by atoms with van der Waals surface area (Å²) < 4.78 is 10.3. The van der Waals surface area contributed by atoms with Crippen molar-refractivity contribution >= 4 is 0 Å². The van der Waals surface area contributed by atoms with Gasteiger partial charge in [-0.3, -0.25) is 0 Å². The Morgan fingerprint density at radius 2 is 2.33 bits per heavy atom. The third kappa shape index (κ3) is 1.78. The molecule has 0 bridgehead atoms. The molecule has 0 spiro atoms. The summed E-state index contributed by atoms with van der Waals surface area (Å²) in [4.78, 5) is 4.27. The molecule has 2 N–H and O–H groups in total. The van der Waals surface area contributed by atoms with Gasteiger partial charge in [-0.05, 0) is 13.0 Å². The zero-order valence-electron chi connectivity index (χ0n) is 8.73. The Balaban J connectivity index is 2.32. The van der Waals surface area contributed by atoms with Crippen molar-refractivity contribution < 1.29 is 8.94 Å². The minimum atomic E-state index is 0.0819. The quantitative estimate of drug-likeness (QED) is 0.828. The second kappa shape index (κ2) is 3.86. The van der Waals surface area contributed by atoms with Gasteiger partial charge < -0.3 is 14.7 Å². The summed E-state index contributed by atoms with van der Waals surface area (Å²) in [6.45, 7) is 4.29. The van der Waals surface area contributed by atoms with E-state index in [-0.39, 0.29) is 5.92 Å². The van der Waals surface area contributed by atoms with E-state index in [0.717, 1.165) is 11.3 Å². The third-order valence-electron chi connectivity index (χ3n) is 2.32. The summed E-state index contributed by atoms with van der Waals surface area (Å²) in [7, 11) is 0. The number of hydrogen-bond acceptors (Lipinski definition) is 5. The van der Waals surface area contributed by atoms with Crippen LogP contribution in [0.4, 0.5) is 0 Å². The highest BCUT2D eigenvalue weighted by Crippen LogP contribution is 2.22. The molecule has 0 aliphatic carbocycles. The van der Waals surface area contributed by atoms with Gasteiger partial charge in [-0.2, -0.15) is 4.98 Å². The molecule has 2 heterocycles. The predicted octanol–water partition coefficient (Wildman–Crippen LogP) is 1.70. The molecule has 0 radical (unpaired) electrons. The minimum absolute atomic E-state index is 0.0819. The smallest absolute Gasteiger partial charge is 0.231 e. The van der Waals surface area contributed by atoms with Crippen molar-refractivity contribution in [3.05, 3.63) is 24.0 Å². The number of furan rings is 1. The highest BCUT2D eigenvalue weighted by Gasteiger charge is 2.15. The number of nitrogens with two attached hydrogens (primary N) is 1. The van der Waals surface area contributed by atoms with E-state index >= 15 is 0 Å². The van der Waals surface area contributed by atoms with Crippen molar-refractivity contribution in [2.75, 3.05) is 6.54 Å². The Labute approximate surface area is 87.3 Å². The van der Waals surface area contributed by atoms with E-state index in [1.807, 2.05) is 19.9 Å². The molecule has 5 nitrogen and oxygen atoms in total. The lowest BCUT2D eigenvalue weighted by molar-refractivity contribution is 0.361. The van der Waals surface area contributed by atoms with E-state index in [1.54, 1.807) is 6.26 Å². The van der Waals surface area contributed by atoms with Gasteiger partial charge in [0.2, 0.25) is 11.7 Å². The largest absolute Gasteiger partial charge is 0.469 e. The van der Waals surface area contributed by atoms with Gasteiger partial charge in [0, 0.05) is 12.5 Å². The molecule has 2 aromatic rings. The number of aromatic nitrogens is 2. The Morgan fingerprint density at radius 1 is 1.53 bits per heavy atom. The molecule has 2 rings (SSSR count). The third-order valence-corrected chi connectivity index (χ3v) is 2.32. The van der Waals surface area contributed by atoms with E-state index in [9.17, 15) is 0 Å². The van der Waals surface area contributed by atoms with Crippen LogP contribution in [0.1, 0.15) is 24.5 Å². The summed E-state index contributed by atoms with van der Waals surface area (Å²) >= 11 is 0.